The zero-order chi connectivity index (χ0) is 15.5. The minimum Gasteiger partial charge on any atom is -0.481 e. The van der Waals surface area contributed by atoms with E-state index in [0.29, 0.717) is 25.4 Å². The van der Waals surface area contributed by atoms with Gasteiger partial charge in [-0.1, -0.05) is 30.3 Å². The SMILES string of the molecule is O=C(O)C1CCN(C(=O)NC(Cc2ccccc2)C2CC2)C1. The van der Waals surface area contributed by atoms with Crippen LogP contribution in [0.5, 0.6) is 0 Å². The van der Waals surface area contributed by atoms with Crippen molar-refractivity contribution >= 4 is 12.0 Å². The molecule has 5 nitrogen and oxygen atoms in total. The van der Waals surface area contributed by atoms with Gasteiger partial charge in [0.2, 0.25) is 0 Å². The molecular formula is C17H22N2O3. The molecule has 1 aromatic rings. The molecule has 2 atom stereocenters. The molecule has 0 radical (unpaired) electrons. The lowest BCUT2D eigenvalue weighted by molar-refractivity contribution is -0.141. The summed E-state index contributed by atoms with van der Waals surface area (Å²) in [7, 11) is 0. The third kappa shape index (κ3) is 3.59. The Morgan fingerprint density at radius 3 is 2.55 bits per heavy atom. The van der Waals surface area contributed by atoms with Crippen molar-refractivity contribution in [3.05, 3.63) is 35.9 Å². The van der Waals surface area contributed by atoms with Crippen molar-refractivity contribution in [1.29, 1.82) is 0 Å². The van der Waals surface area contributed by atoms with E-state index in [1.165, 1.54) is 5.56 Å². The monoisotopic (exact) mass is 302 g/mol. The predicted molar refractivity (Wildman–Crippen MR) is 82.5 cm³/mol. The first-order valence-corrected chi connectivity index (χ1v) is 7.95. The van der Waals surface area contributed by atoms with E-state index in [2.05, 4.69) is 17.4 Å². The second-order valence-electron chi connectivity index (χ2n) is 6.35. The van der Waals surface area contributed by atoms with Gasteiger partial charge in [0.1, 0.15) is 0 Å². The number of nitrogens with zero attached hydrogens (tertiary/aromatic N) is 1. The van der Waals surface area contributed by atoms with Gasteiger partial charge in [0.25, 0.3) is 0 Å². The summed E-state index contributed by atoms with van der Waals surface area (Å²) < 4.78 is 0. The number of aliphatic carboxylic acids is 1. The van der Waals surface area contributed by atoms with Crippen LogP contribution in [-0.4, -0.2) is 41.1 Å². The molecule has 1 aliphatic heterocycles. The van der Waals surface area contributed by atoms with Crippen molar-refractivity contribution < 1.29 is 14.7 Å². The fourth-order valence-electron chi connectivity index (χ4n) is 3.10. The zero-order valence-corrected chi connectivity index (χ0v) is 12.6. The second-order valence-corrected chi connectivity index (χ2v) is 6.35. The van der Waals surface area contributed by atoms with Crippen molar-refractivity contribution in [2.24, 2.45) is 11.8 Å². The van der Waals surface area contributed by atoms with E-state index in [0.717, 1.165) is 19.3 Å². The van der Waals surface area contributed by atoms with Crippen LogP contribution in [0, 0.1) is 11.8 Å². The molecule has 0 aromatic heterocycles. The molecular weight excluding hydrogens is 280 g/mol. The molecule has 0 spiro atoms. The van der Waals surface area contributed by atoms with Crippen LogP contribution in [-0.2, 0) is 11.2 Å². The van der Waals surface area contributed by atoms with Crippen molar-refractivity contribution in [1.82, 2.24) is 10.2 Å². The molecule has 2 amide bonds. The van der Waals surface area contributed by atoms with Crippen molar-refractivity contribution in [3.8, 4) is 0 Å². The molecule has 118 valence electrons. The molecule has 5 heteroatoms. The molecule has 1 heterocycles. The highest BCUT2D eigenvalue weighted by atomic mass is 16.4. The molecule has 1 saturated carbocycles. The standard InChI is InChI=1S/C17H22N2O3/c20-16(21)14-8-9-19(11-14)17(22)18-15(13-6-7-13)10-12-4-2-1-3-5-12/h1-5,13-15H,6-11H2,(H,18,22)(H,20,21). The number of urea groups is 1. The Morgan fingerprint density at radius 1 is 1.23 bits per heavy atom. The van der Waals surface area contributed by atoms with Crippen LogP contribution < -0.4 is 5.32 Å². The van der Waals surface area contributed by atoms with Crippen LogP contribution in [0.2, 0.25) is 0 Å². The minimum absolute atomic E-state index is 0.114. The summed E-state index contributed by atoms with van der Waals surface area (Å²) in [5.74, 6) is -0.667. The smallest absolute Gasteiger partial charge is 0.317 e. The lowest BCUT2D eigenvalue weighted by Crippen LogP contribution is -2.46. The maximum Gasteiger partial charge on any atom is 0.317 e. The first-order chi connectivity index (χ1) is 10.6. The Hall–Kier alpha value is -2.04. The molecule has 2 fully saturated rings. The van der Waals surface area contributed by atoms with Gasteiger partial charge in [0.15, 0.2) is 0 Å². The highest BCUT2D eigenvalue weighted by Gasteiger charge is 2.35. The Balaban J connectivity index is 1.57. The lowest BCUT2D eigenvalue weighted by Gasteiger charge is -2.23. The molecule has 22 heavy (non-hydrogen) atoms. The van der Waals surface area contributed by atoms with Crippen LogP contribution in [0.3, 0.4) is 0 Å². The van der Waals surface area contributed by atoms with E-state index in [4.69, 9.17) is 5.11 Å². The molecule has 1 saturated heterocycles. The van der Waals surface area contributed by atoms with Crippen molar-refractivity contribution in [2.45, 2.75) is 31.7 Å². The van der Waals surface area contributed by atoms with Crippen LogP contribution >= 0.6 is 0 Å². The number of carbonyl (C=O) groups is 2. The first-order valence-electron chi connectivity index (χ1n) is 7.95. The van der Waals surface area contributed by atoms with Crippen LogP contribution in [0.4, 0.5) is 4.79 Å². The maximum atomic E-state index is 12.4. The van der Waals surface area contributed by atoms with Gasteiger partial charge in [-0.15, -0.1) is 0 Å². The van der Waals surface area contributed by atoms with Gasteiger partial charge >= 0.3 is 12.0 Å². The maximum absolute atomic E-state index is 12.4. The summed E-state index contributed by atoms with van der Waals surface area (Å²) >= 11 is 0. The van der Waals surface area contributed by atoms with E-state index in [-0.39, 0.29) is 12.1 Å². The van der Waals surface area contributed by atoms with Gasteiger partial charge in [-0.25, -0.2) is 4.79 Å². The number of hydrogen-bond acceptors (Lipinski definition) is 2. The van der Waals surface area contributed by atoms with Crippen molar-refractivity contribution in [2.75, 3.05) is 13.1 Å². The minimum atomic E-state index is -0.807. The molecule has 2 unspecified atom stereocenters. The molecule has 1 aliphatic carbocycles. The summed E-state index contributed by atoms with van der Waals surface area (Å²) in [6.45, 7) is 0.857. The van der Waals surface area contributed by atoms with Gasteiger partial charge in [-0.3, -0.25) is 4.79 Å². The zero-order valence-electron chi connectivity index (χ0n) is 12.6. The molecule has 2 aliphatic rings. The second kappa shape index (κ2) is 6.38. The number of amides is 2. The van der Waals surface area contributed by atoms with Crippen LogP contribution in [0.15, 0.2) is 30.3 Å². The Bertz CT molecular complexity index is 542. The van der Waals surface area contributed by atoms with E-state index < -0.39 is 11.9 Å². The number of nitrogens with one attached hydrogen (secondary N) is 1. The van der Waals surface area contributed by atoms with E-state index in [9.17, 15) is 9.59 Å². The highest BCUT2D eigenvalue weighted by molar-refractivity contribution is 5.77. The largest absolute Gasteiger partial charge is 0.481 e. The number of benzene rings is 1. The van der Waals surface area contributed by atoms with Gasteiger partial charge in [0.05, 0.1) is 5.92 Å². The third-order valence-electron chi connectivity index (χ3n) is 4.62. The normalized spacial score (nSPS) is 22.4. The Kier molecular flexibility index (Phi) is 4.32. The average Bonchev–Trinajstić information content (AvgIpc) is 3.23. The molecule has 2 N–H and O–H groups in total. The molecule has 0 bridgehead atoms. The topological polar surface area (TPSA) is 69.6 Å². The van der Waals surface area contributed by atoms with Gasteiger partial charge in [-0.2, -0.15) is 0 Å². The Morgan fingerprint density at radius 2 is 1.95 bits per heavy atom. The average molecular weight is 302 g/mol. The predicted octanol–water partition coefficient (Wildman–Crippen LogP) is 2.12. The van der Waals surface area contributed by atoms with E-state index >= 15 is 0 Å². The number of hydrogen-bond donors (Lipinski definition) is 2. The van der Waals surface area contributed by atoms with E-state index in [1.54, 1.807) is 4.90 Å². The summed E-state index contributed by atoms with van der Waals surface area (Å²) in [6.07, 6.45) is 3.72. The van der Waals surface area contributed by atoms with Crippen molar-refractivity contribution in [3.63, 3.8) is 0 Å². The number of likely N-dealkylation sites (tertiary alicyclic amines) is 1. The fraction of sp³-hybridized carbons (Fsp3) is 0.529. The van der Waals surface area contributed by atoms with Gasteiger partial charge in [-0.05, 0) is 37.2 Å². The fourth-order valence-corrected chi connectivity index (χ4v) is 3.10. The third-order valence-corrected chi connectivity index (χ3v) is 4.62. The number of rotatable bonds is 5. The lowest BCUT2D eigenvalue weighted by atomic mass is 10.0. The Labute approximate surface area is 130 Å². The summed E-state index contributed by atoms with van der Waals surface area (Å²) in [4.78, 5) is 25.0. The molecule has 3 rings (SSSR count). The van der Waals surface area contributed by atoms with Gasteiger partial charge in [0, 0.05) is 19.1 Å². The number of carbonyl (C=O) groups excluding carboxylic acids is 1. The highest BCUT2D eigenvalue weighted by Crippen LogP contribution is 2.34. The molecule has 1 aromatic carbocycles. The van der Waals surface area contributed by atoms with Gasteiger partial charge < -0.3 is 15.3 Å². The number of carboxylic acid groups (broad SMARTS) is 1. The first kappa shape index (κ1) is 14.9. The van der Waals surface area contributed by atoms with Crippen LogP contribution in [0.1, 0.15) is 24.8 Å². The number of carboxylic acids is 1. The van der Waals surface area contributed by atoms with E-state index in [1.807, 2.05) is 18.2 Å². The quantitative estimate of drug-likeness (QED) is 0.875. The summed E-state index contributed by atoms with van der Waals surface area (Å²) in [6, 6.07) is 10.2. The summed E-state index contributed by atoms with van der Waals surface area (Å²) in [5.41, 5.74) is 1.23. The summed E-state index contributed by atoms with van der Waals surface area (Å²) in [5, 5.41) is 12.2. The van der Waals surface area contributed by atoms with Crippen LogP contribution in [0.25, 0.3) is 0 Å².